The Hall–Kier alpha value is -1.62. The van der Waals surface area contributed by atoms with E-state index in [1.807, 2.05) is 23.0 Å². The Kier molecular flexibility index (Phi) is 3.15. The van der Waals surface area contributed by atoms with E-state index in [1.165, 1.54) is 0 Å². The number of piperidine rings is 1. The fourth-order valence-electron chi connectivity index (χ4n) is 2.36. The maximum atomic E-state index is 6.16. The highest BCUT2D eigenvalue weighted by Crippen LogP contribution is 2.28. The Morgan fingerprint density at radius 2 is 2.06 bits per heavy atom. The molecule has 94 valence electrons. The average Bonchev–Trinajstić information content (AvgIpc) is 2.94. The van der Waals surface area contributed by atoms with E-state index in [9.17, 15) is 0 Å². The zero-order chi connectivity index (χ0) is 12.4. The maximum Gasteiger partial charge on any atom is 0.147 e. The molecule has 5 nitrogen and oxygen atoms in total. The summed E-state index contributed by atoms with van der Waals surface area (Å²) in [4.78, 5) is 6.58. The van der Waals surface area contributed by atoms with Crippen LogP contribution in [-0.4, -0.2) is 33.1 Å². The Morgan fingerprint density at radius 1 is 1.22 bits per heavy atom. The molecule has 1 fully saturated rings. The van der Waals surface area contributed by atoms with Crippen LogP contribution in [0.4, 0.5) is 5.82 Å². The minimum absolute atomic E-state index is 0.436. The fourth-order valence-corrected chi connectivity index (χ4v) is 2.61. The van der Waals surface area contributed by atoms with E-state index >= 15 is 0 Å². The zero-order valence-corrected chi connectivity index (χ0v) is 10.7. The molecular formula is C12H14ClN5. The number of anilines is 1. The largest absolute Gasteiger partial charge is 0.355 e. The van der Waals surface area contributed by atoms with Crippen LogP contribution in [0.25, 0.3) is 0 Å². The SMILES string of the molecule is Clc1cccnc1N1CCC(n2ccnn2)CC1. The smallest absolute Gasteiger partial charge is 0.147 e. The third-order valence-corrected chi connectivity index (χ3v) is 3.61. The van der Waals surface area contributed by atoms with Gasteiger partial charge in [-0.2, -0.15) is 0 Å². The lowest BCUT2D eigenvalue weighted by atomic mass is 10.1. The zero-order valence-electron chi connectivity index (χ0n) is 9.91. The van der Waals surface area contributed by atoms with Gasteiger partial charge in [0.15, 0.2) is 0 Å². The van der Waals surface area contributed by atoms with Gasteiger partial charge in [-0.1, -0.05) is 16.8 Å². The first-order chi connectivity index (χ1) is 8.84. The molecule has 3 heterocycles. The van der Waals surface area contributed by atoms with Crippen LogP contribution in [0.5, 0.6) is 0 Å². The first-order valence-corrected chi connectivity index (χ1v) is 6.43. The molecule has 0 amide bonds. The molecule has 0 spiro atoms. The Labute approximate surface area is 110 Å². The van der Waals surface area contributed by atoms with Crippen molar-refractivity contribution in [3.63, 3.8) is 0 Å². The first kappa shape index (κ1) is 11.5. The average molecular weight is 264 g/mol. The minimum Gasteiger partial charge on any atom is -0.355 e. The fraction of sp³-hybridized carbons (Fsp3) is 0.417. The van der Waals surface area contributed by atoms with Crippen molar-refractivity contribution in [1.29, 1.82) is 0 Å². The van der Waals surface area contributed by atoms with Crippen molar-refractivity contribution in [3.8, 4) is 0 Å². The third-order valence-electron chi connectivity index (χ3n) is 3.32. The van der Waals surface area contributed by atoms with E-state index in [0.717, 1.165) is 36.8 Å². The predicted molar refractivity (Wildman–Crippen MR) is 69.8 cm³/mol. The second-order valence-corrected chi connectivity index (χ2v) is 4.82. The molecule has 0 radical (unpaired) electrons. The molecule has 6 heteroatoms. The summed E-state index contributed by atoms with van der Waals surface area (Å²) in [5.74, 6) is 0.885. The Balaban J connectivity index is 1.69. The van der Waals surface area contributed by atoms with Crippen molar-refractivity contribution < 1.29 is 0 Å². The number of pyridine rings is 1. The highest BCUT2D eigenvalue weighted by Gasteiger charge is 2.22. The monoisotopic (exact) mass is 263 g/mol. The lowest BCUT2D eigenvalue weighted by molar-refractivity contribution is 0.359. The van der Waals surface area contributed by atoms with Gasteiger partial charge in [-0.25, -0.2) is 9.67 Å². The maximum absolute atomic E-state index is 6.16. The van der Waals surface area contributed by atoms with Crippen molar-refractivity contribution in [2.24, 2.45) is 0 Å². The normalized spacial score (nSPS) is 17.1. The molecule has 0 unspecified atom stereocenters. The summed E-state index contributed by atoms with van der Waals surface area (Å²) < 4.78 is 1.94. The van der Waals surface area contributed by atoms with Gasteiger partial charge in [0.2, 0.25) is 0 Å². The standard InChI is InChI=1S/C12H14ClN5/c13-11-2-1-5-14-12(11)17-7-3-10(4-8-17)18-9-6-15-16-18/h1-2,5-6,9-10H,3-4,7-8H2. The highest BCUT2D eigenvalue weighted by molar-refractivity contribution is 6.32. The topological polar surface area (TPSA) is 46.8 Å². The van der Waals surface area contributed by atoms with Crippen LogP contribution in [0.15, 0.2) is 30.7 Å². The van der Waals surface area contributed by atoms with Crippen molar-refractivity contribution in [1.82, 2.24) is 20.0 Å². The van der Waals surface area contributed by atoms with Gasteiger partial charge in [-0.15, -0.1) is 5.10 Å². The summed E-state index contributed by atoms with van der Waals surface area (Å²) >= 11 is 6.16. The van der Waals surface area contributed by atoms with Gasteiger partial charge in [0.05, 0.1) is 17.3 Å². The predicted octanol–water partition coefficient (Wildman–Crippen LogP) is 2.17. The van der Waals surface area contributed by atoms with Crippen LogP contribution in [0.3, 0.4) is 0 Å². The number of rotatable bonds is 2. The van der Waals surface area contributed by atoms with E-state index in [-0.39, 0.29) is 0 Å². The molecule has 2 aromatic rings. The second kappa shape index (κ2) is 4.94. The molecule has 1 aliphatic heterocycles. The molecule has 3 rings (SSSR count). The molecule has 0 saturated carbocycles. The van der Waals surface area contributed by atoms with Crippen LogP contribution in [0.2, 0.25) is 5.02 Å². The summed E-state index contributed by atoms with van der Waals surface area (Å²) in [5, 5.41) is 8.64. The number of nitrogens with zero attached hydrogens (tertiary/aromatic N) is 5. The molecule has 18 heavy (non-hydrogen) atoms. The molecule has 0 atom stereocenters. The number of halogens is 1. The molecule has 0 aromatic carbocycles. The van der Waals surface area contributed by atoms with Gasteiger partial charge in [0.25, 0.3) is 0 Å². The molecule has 0 N–H and O–H groups in total. The van der Waals surface area contributed by atoms with Crippen LogP contribution in [0.1, 0.15) is 18.9 Å². The van der Waals surface area contributed by atoms with Gasteiger partial charge in [-0.05, 0) is 25.0 Å². The van der Waals surface area contributed by atoms with Crippen LogP contribution in [0, 0.1) is 0 Å². The van der Waals surface area contributed by atoms with Crippen molar-refractivity contribution in [2.45, 2.75) is 18.9 Å². The highest BCUT2D eigenvalue weighted by atomic mass is 35.5. The van der Waals surface area contributed by atoms with Gasteiger partial charge < -0.3 is 4.90 Å². The second-order valence-electron chi connectivity index (χ2n) is 4.41. The summed E-state index contributed by atoms with van der Waals surface area (Å²) in [6, 6.07) is 4.17. The number of hydrogen-bond acceptors (Lipinski definition) is 4. The van der Waals surface area contributed by atoms with E-state index in [1.54, 1.807) is 12.4 Å². The summed E-state index contributed by atoms with van der Waals surface area (Å²) in [7, 11) is 0. The summed E-state index contributed by atoms with van der Waals surface area (Å²) in [5.41, 5.74) is 0. The quantitative estimate of drug-likeness (QED) is 0.833. The summed E-state index contributed by atoms with van der Waals surface area (Å²) in [6.45, 7) is 1.89. The van der Waals surface area contributed by atoms with Crippen molar-refractivity contribution in [2.75, 3.05) is 18.0 Å². The van der Waals surface area contributed by atoms with E-state index in [4.69, 9.17) is 11.6 Å². The molecule has 2 aromatic heterocycles. The minimum atomic E-state index is 0.436. The molecule has 1 aliphatic rings. The number of aromatic nitrogens is 4. The van der Waals surface area contributed by atoms with Gasteiger partial charge >= 0.3 is 0 Å². The molecule has 0 aliphatic carbocycles. The van der Waals surface area contributed by atoms with Crippen LogP contribution >= 0.6 is 11.6 Å². The van der Waals surface area contributed by atoms with E-state index in [2.05, 4.69) is 20.2 Å². The van der Waals surface area contributed by atoms with Crippen molar-refractivity contribution >= 4 is 17.4 Å². The van der Waals surface area contributed by atoms with E-state index < -0.39 is 0 Å². The molecule has 0 bridgehead atoms. The lowest BCUT2D eigenvalue weighted by Crippen LogP contribution is -2.35. The third kappa shape index (κ3) is 2.18. The lowest BCUT2D eigenvalue weighted by Gasteiger charge is -2.32. The van der Waals surface area contributed by atoms with Gasteiger partial charge in [0.1, 0.15) is 5.82 Å². The van der Waals surface area contributed by atoms with Crippen molar-refractivity contribution in [3.05, 3.63) is 35.7 Å². The first-order valence-electron chi connectivity index (χ1n) is 6.06. The Bertz CT molecular complexity index is 505. The van der Waals surface area contributed by atoms with Crippen LogP contribution in [-0.2, 0) is 0 Å². The molecule has 1 saturated heterocycles. The number of hydrogen-bond donors (Lipinski definition) is 0. The Morgan fingerprint density at radius 3 is 2.72 bits per heavy atom. The summed E-state index contributed by atoms with van der Waals surface area (Å²) in [6.07, 6.45) is 7.51. The van der Waals surface area contributed by atoms with Gasteiger partial charge in [-0.3, -0.25) is 0 Å². The van der Waals surface area contributed by atoms with E-state index in [0.29, 0.717) is 6.04 Å². The van der Waals surface area contributed by atoms with Gasteiger partial charge in [0, 0.05) is 25.5 Å². The molecular weight excluding hydrogens is 250 g/mol. The van der Waals surface area contributed by atoms with Crippen LogP contribution < -0.4 is 4.90 Å².